The maximum Gasteiger partial charge on any atom is 0.223 e. The van der Waals surface area contributed by atoms with Gasteiger partial charge in [0.15, 0.2) is 0 Å². The van der Waals surface area contributed by atoms with Gasteiger partial charge in [0, 0.05) is 29.8 Å². The van der Waals surface area contributed by atoms with Crippen molar-refractivity contribution in [2.24, 2.45) is 0 Å². The van der Waals surface area contributed by atoms with Crippen LogP contribution in [-0.2, 0) is 4.79 Å². The highest BCUT2D eigenvalue weighted by Gasteiger charge is 2.25. The molecular weight excluding hydrogens is 324 g/mol. The first-order chi connectivity index (χ1) is 11.6. The lowest BCUT2D eigenvalue weighted by molar-refractivity contribution is -0.123. The van der Waals surface area contributed by atoms with E-state index in [2.05, 4.69) is 10.2 Å². The normalized spacial score (nSPS) is 18.4. The summed E-state index contributed by atoms with van der Waals surface area (Å²) in [7, 11) is 0. The van der Waals surface area contributed by atoms with Crippen LogP contribution in [0.5, 0.6) is 0 Å². The van der Waals surface area contributed by atoms with Crippen LogP contribution in [0, 0.1) is 0 Å². The smallest absolute Gasteiger partial charge is 0.223 e. The molecule has 1 aliphatic heterocycles. The number of rotatable bonds is 5. The molecule has 126 valence electrons. The first-order valence-corrected chi connectivity index (χ1v) is 8.52. The molecule has 0 aromatic heterocycles. The van der Waals surface area contributed by atoms with Gasteiger partial charge in [-0.2, -0.15) is 0 Å². The van der Waals surface area contributed by atoms with Crippen molar-refractivity contribution in [2.75, 3.05) is 18.0 Å². The Morgan fingerprint density at radius 2 is 2.04 bits per heavy atom. The van der Waals surface area contributed by atoms with E-state index >= 15 is 0 Å². The molecule has 0 bridgehead atoms. The van der Waals surface area contributed by atoms with Gasteiger partial charge in [0.1, 0.15) is 0 Å². The van der Waals surface area contributed by atoms with Gasteiger partial charge in [0.2, 0.25) is 5.91 Å². The summed E-state index contributed by atoms with van der Waals surface area (Å²) < 4.78 is 0. The third kappa shape index (κ3) is 4.28. The molecule has 2 unspecified atom stereocenters. The largest absolute Gasteiger partial charge is 0.388 e. The second-order valence-electron chi connectivity index (χ2n) is 6.11. The highest BCUT2D eigenvalue weighted by atomic mass is 35.5. The Kier molecular flexibility index (Phi) is 5.38. The minimum Gasteiger partial charge on any atom is -0.388 e. The number of aliphatic hydroxyl groups excluding tert-OH is 1. The fourth-order valence-corrected chi connectivity index (χ4v) is 3.23. The van der Waals surface area contributed by atoms with Crippen LogP contribution < -0.4 is 10.2 Å². The molecule has 2 atom stereocenters. The number of aliphatic hydroxyl groups is 1. The van der Waals surface area contributed by atoms with Gasteiger partial charge in [-0.05, 0) is 30.2 Å². The Morgan fingerprint density at radius 3 is 2.79 bits per heavy atom. The number of hydrogen-bond acceptors (Lipinski definition) is 3. The van der Waals surface area contributed by atoms with E-state index in [9.17, 15) is 9.90 Å². The van der Waals surface area contributed by atoms with E-state index < -0.39 is 6.10 Å². The van der Waals surface area contributed by atoms with Gasteiger partial charge >= 0.3 is 0 Å². The van der Waals surface area contributed by atoms with Crippen molar-refractivity contribution in [3.8, 4) is 0 Å². The van der Waals surface area contributed by atoms with Crippen LogP contribution >= 0.6 is 11.6 Å². The Labute approximate surface area is 147 Å². The Hall–Kier alpha value is -2.04. The second kappa shape index (κ2) is 7.69. The number of nitrogens with one attached hydrogen (secondary N) is 1. The van der Waals surface area contributed by atoms with Gasteiger partial charge < -0.3 is 15.3 Å². The van der Waals surface area contributed by atoms with Crippen LogP contribution in [-0.4, -0.2) is 30.1 Å². The number of anilines is 1. The maximum absolute atomic E-state index is 12.2. The summed E-state index contributed by atoms with van der Waals surface area (Å²) in [6, 6.07) is 17.1. The van der Waals surface area contributed by atoms with Crippen molar-refractivity contribution in [3.05, 3.63) is 65.2 Å². The molecule has 4 nitrogen and oxygen atoms in total. The monoisotopic (exact) mass is 344 g/mol. The molecule has 1 aliphatic rings. The van der Waals surface area contributed by atoms with E-state index in [-0.39, 0.29) is 18.4 Å². The third-order valence-electron chi connectivity index (χ3n) is 4.29. The number of benzene rings is 2. The van der Waals surface area contributed by atoms with Crippen molar-refractivity contribution in [1.29, 1.82) is 0 Å². The number of halogens is 1. The summed E-state index contributed by atoms with van der Waals surface area (Å²) >= 11 is 6.04. The highest BCUT2D eigenvalue weighted by molar-refractivity contribution is 6.30. The predicted octanol–water partition coefficient (Wildman–Crippen LogP) is 3.16. The van der Waals surface area contributed by atoms with Crippen LogP contribution in [0.25, 0.3) is 0 Å². The topological polar surface area (TPSA) is 52.6 Å². The van der Waals surface area contributed by atoms with E-state index in [4.69, 9.17) is 11.6 Å². The Balaban J connectivity index is 1.51. The quantitative estimate of drug-likeness (QED) is 0.876. The van der Waals surface area contributed by atoms with E-state index in [1.165, 1.54) is 0 Å². The van der Waals surface area contributed by atoms with Gasteiger partial charge in [-0.3, -0.25) is 4.79 Å². The lowest BCUT2D eigenvalue weighted by atomic mass is 10.1. The van der Waals surface area contributed by atoms with Gasteiger partial charge in [-0.25, -0.2) is 0 Å². The van der Waals surface area contributed by atoms with Crippen molar-refractivity contribution >= 4 is 23.2 Å². The zero-order chi connectivity index (χ0) is 16.9. The molecule has 0 radical (unpaired) electrons. The summed E-state index contributed by atoms with van der Waals surface area (Å²) in [5.41, 5.74) is 1.84. The summed E-state index contributed by atoms with van der Waals surface area (Å²) in [6.07, 6.45) is 0.203. The Bertz CT molecular complexity index is 693. The lowest BCUT2D eigenvalue weighted by Crippen LogP contribution is -2.37. The van der Waals surface area contributed by atoms with Crippen LogP contribution in [0.4, 0.5) is 5.69 Å². The number of carbonyl (C=O) groups is 1. The average molecular weight is 345 g/mol. The zero-order valence-electron chi connectivity index (χ0n) is 13.4. The van der Waals surface area contributed by atoms with Gasteiger partial charge in [-0.1, -0.05) is 48.0 Å². The first-order valence-electron chi connectivity index (χ1n) is 8.15. The molecule has 1 heterocycles. The van der Waals surface area contributed by atoms with Gasteiger partial charge in [0.05, 0.1) is 12.5 Å². The van der Waals surface area contributed by atoms with Crippen molar-refractivity contribution < 1.29 is 9.90 Å². The number of carbonyl (C=O) groups excluding carboxylic acids is 1. The minimum absolute atomic E-state index is 0.0810. The number of amides is 1. The van der Waals surface area contributed by atoms with Crippen molar-refractivity contribution in [2.45, 2.75) is 25.0 Å². The molecule has 1 fully saturated rings. The fraction of sp³-hybridized carbons (Fsp3) is 0.316. The molecule has 0 saturated carbocycles. The summed E-state index contributed by atoms with van der Waals surface area (Å²) in [4.78, 5) is 14.4. The van der Waals surface area contributed by atoms with Crippen LogP contribution in [0.15, 0.2) is 54.6 Å². The average Bonchev–Trinajstić information content (AvgIpc) is 3.04. The van der Waals surface area contributed by atoms with Crippen LogP contribution in [0.1, 0.15) is 24.5 Å². The summed E-state index contributed by atoms with van der Waals surface area (Å²) in [5, 5.41) is 13.9. The molecule has 2 aromatic carbocycles. The van der Waals surface area contributed by atoms with E-state index in [0.29, 0.717) is 5.02 Å². The second-order valence-corrected chi connectivity index (χ2v) is 6.55. The van der Waals surface area contributed by atoms with E-state index in [0.717, 1.165) is 30.8 Å². The fourth-order valence-electron chi connectivity index (χ4n) is 3.04. The zero-order valence-corrected chi connectivity index (χ0v) is 14.1. The van der Waals surface area contributed by atoms with Crippen LogP contribution in [0.2, 0.25) is 5.02 Å². The van der Waals surface area contributed by atoms with Crippen molar-refractivity contribution in [3.63, 3.8) is 0 Å². The number of nitrogens with zero attached hydrogens (tertiary/aromatic N) is 1. The molecule has 0 aliphatic carbocycles. The summed E-state index contributed by atoms with van der Waals surface area (Å²) in [5.74, 6) is -0.121. The molecule has 2 aromatic rings. The van der Waals surface area contributed by atoms with Crippen molar-refractivity contribution in [1.82, 2.24) is 5.32 Å². The molecule has 0 spiro atoms. The molecule has 1 amide bonds. The summed E-state index contributed by atoms with van der Waals surface area (Å²) in [6.45, 7) is 1.64. The molecular formula is C19H21ClN2O2. The highest BCUT2D eigenvalue weighted by Crippen LogP contribution is 2.24. The number of hydrogen-bond donors (Lipinski definition) is 2. The van der Waals surface area contributed by atoms with Gasteiger partial charge in [-0.15, -0.1) is 0 Å². The molecule has 2 N–H and O–H groups in total. The molecule has 24 heavy (non-hydrogen) atoms. The lowest BCUT2D eigenvalue weighted by Gasteiger charge is -2.19. The first kappa shape index (κ1) is 16.8. The van der Waals surface area contributed by atoms with E-state index in [1.54, 1.807) is 0 Å². The predicted molar refractivity (Wildman–Crippen MR) is 96.2 cm³/mol. The third-order valence-corrected chi connectivity index (χ3v) is 4.52. The maximum atomic E-state index is 12.2. The molecule has 3 rings (SSSR count). The van der Waals surface area contributed by atoms with Crippen LogP contribution in [0.3, 0.4) is 0 Å². The minimum atomic E-state index is -0.767. The standard InChI is InChI=1S/C19H21ClN2O2/c20-15-7-4-8-17(11-15)22-10-9-16(13-22)21-19(24)12-18(23)14-5-2-1-3-6-14/h1-8,11,16,18,23H,9-10,12-13H2,(H,21,24). The Morgan fingerprint density at radius 1 is 1.25 bits per heavy atom. The molecule has 1 saturated heterocycles. The van der Waals surface area contributed by atoms with Gasteiger partial charge in [0.25, 0.3) is 0 Å². The SMILES string of the molecule is O=C(CC(O)c1ccccc1)NC1CCN(c2cccc(Cl)c2)C1. The van der Waals surface area contributed by atoms with E-state index in [1.807, 2.05) is 54.6 Å². The molecule has 5 heteroatoms.